The van der Waals surface area contributed by atoms with E-state index in [0.717, 1.165) is 37.7 Å². The summed E-state index contributed by atoms with van der Waals surface area (Å²) in [7, 11) is 0. The molecule has 0 radical (unpaired) electrons. The number of aliphatic hydroxyl groups is 2. The third-order valence-electron chi connectivity index (χ3n) is 6.19. The van der Waals surface area contributed by atoms with Crippen LogP contribution >= 0.6 is 0 Å². The average Bonchev–Trinajstić information content (AvgIpc) is 3.21. The van der Waals surface area contributed by atoms with Crippen molar-refractivity contribution < 1.29 is 28.1 Å². The van der Waals surface area contributed by atoms with Crippen LogP contribution in [-0.2, 0) is 6.54 Å². The zero-order valence-corrected chi connectivity index (χ0v) is 14.5. The molecule has 1 aromatic carbocycles. The summed E-state index contributed by atoms with van der Waals surface area (Å²) in [4.78, 5) is 2.28. The summed E-state index contributed by atoms with van der Waals surface area (Å²) in [5, 5.41) is 20.8. The molecule has 2 aliphatic carbocycles. The van der Waals surface area contributed by atoms with Crippen molar-refractivity contribution in [3.63, 3.8) is 0 Å². The Morgan fingerprint density at radius 3 is 2.42 bits per heavy atom. The van der Waals surface area contributed by atoms with Crippen molar-refractivity contribution in [2.75, 3.05) is 0 Å². The summed E-state index contributed by atoms with van der Waals surface area (Å²) < 4.78 is 40.8. The number of aliphatic hydroxyl groups excluding tert-OH is 1. The van der Waals surface area contributed by atoms with Crippen LogP contribution in [-0.4, -0.2) is 45.3 Å². The first kappa shape index (κ1) is 18.1. The number of hydrogen-bond donors (Lipinski definition) is 2. The summed E-state index contributed by atoms with van der Waals surface area (Å²) >= 11 is 0. The number of rotatable bonds is 4. The molecule has 0 spiro atoms. The minimum absolute atomic E-state index is 0.0638. The zero-order valence-electron chi connectivity index (χ0n) is 14.5. The number of hydrogen-bond acceptors (Lipinski definition) is 4. The lowest BCUT2D eigenvalue weighted by molar-refractivity contribution is -0.274. The molecule has 1 aromatic rings. The van der Waals surface area contributed by atoms with Gasteiger partial charge in [0.05, 0.1) is 11.7 Å². The van der Waals surface area contributed by atoms with Crippen molar-refractivity contribution in [3.05, 3.63) is 29.8 Å². The summed E-state index contributed by atoms with van der Waals surface area (Å²) in [5.41, 5.74) is 0.247. The molecule has 0 aromatic heterocycles. The number of likely N-dealkylation sites (tertiary alicyclic amines) is 1. The molecule has 4 rings (SSSR count). The van der Waals surface area contributed by atoms with Gasteiger partial charge >= 0.3 is 6.36 Å². The largest absolute Gasteiger partial charge is 0.573 e. The molecule has 4 atom stereocenters. The minimum atomic E-state index is -4.69. The van der Waals surface area contributed by atoms with Crippen LogP contribution in [0.3, 0.4) is 0 Å². The highest BCUT2D eigenvalue weighted by Crippen LogP contribution is 2.51. The Morgan fingerprint density at radius 2 is 1.81 bits per heavy atom. The smallest absolute Gasteiger partial charge is 0.406 e. The van der Waals surface area contributed by atoms with Gasteiger partial charge in [-0.1, -0.05) is 12.1 Å². The average molecular weight is 371 g/mol. The topological polar surface area (TPSA) is 52.9 Å². The molecule has 3 fully saturated rings. The van der Waals surface area contributed by atoms with Crippen molar-refractivity contribution in [1.82, 2.24) is 4.90 Å². The molecule has 0 unspecified atom stereocenters. The summed E-state index contributed by atoms with van der Waals surface area (Å²) in [6.07, 6.45) is 0.00615. The Labute approximate surface area is 150 Å². The predicted octanol–water partition coefficient (Wildman–Crippen LogP) is 3.21. The van der Waals surface area contributed by atoms with E-state index in [-0.39, 0.29) is 23.9 Å². The van der Waals surface area contributed by atoms with Crippen LogP contribution in [0.2, 0.25) is 0 Å². The molecule has 0 bridgehead atoms. The highest BCUT2D eigenvalue weighted by Gasteiger charge is 2.56. The van der Waals surface area contributed by atoms with Gasteiger partial charge in [-0.25, -0.2) is 0 Å². The van der Waals surface area contributed by atoms with E-state index in [1.165, 1.54) is 12.1 Å². The normalized spacial score (nSPS) is 33.7. The SMILES string of the molecule is O[C@@H]1CC[C@@H]2C[C@@H](C3(O)CC3)N(Cc3ccc(OC(F)(F)F)cc3)[C@@H]2C1. The van der Waals surface area contributed by atoms with Crippen molar-refractivity contribution in [1.29, 1.82) is 0 Å². The van der Waals surface area contributed by atoms with Gasteiger partial charge < -0.3 is 14.9 Å². The van der Waals surface area contributed by atoms with Gasteiger partial charge in [0.2, 0.25) is 0 Å². The van der Waals surface area contributed by atoms with Crippen LogP contribution in [0.4, 0.5) is 13.2 Å². The van der Waals surface area contributed by atoms with Gasteiger partial charge in [-0.3, -0.25) is 4.90 Å². The monoisotopic (exact) mass is 371 g/mol. The Hall–Kier alpha value is -1.31. The molecule has 0 amide bonds. The second kappa shape index (κ2) is 6.39. The summed E-state index contributed by atoms with van der Waals surface area (Å²) in [6.45, 7) is 0.563. The summed E-state index contributed by atoms with van der Waals surface area (Å²) in [6, 6.07) is 6.22. The second-order valence-corrected chi connectivity index (χ2v) is 8.01. The highest BCUT2D eigenvalue weighted by molar-refractivity contribution is 5.28. The summed E-state index contributed by atoms with van der Waals surface area (Å²) in [5.74, 6) is 0.242. The van der Waals surface area contributed by atoms with Gasteiger partial charge in [-0.15, -0.1) is 13.2 Å². The number of benzene rings is 1. The quantitative estimate of drug-likeness (QED) is 0.853. The minimum Gasteiger partial charge on any atom is -0.406 e. The lowest BCUT2D eigenvalue weighted by Crippen LogP contribution is -2.46. The highest BCUT2D eigenvalue weighted by atomic mass is 19.4. The van der Waals surface area contributed by atoms with Gasteiger partial charge in [0.25, 0.3) is 0 Å². The van der Waals surface area contributed by atoms with E-state index in [4.69, 9.17) is 0 Å². The van der Waals surface area contributed by atoms with Crippen molar-refractivity contribution >= 4 is 0 Å². The molecule has 1 heterocycles. The Kier molecular flexibility index (Phi) is 4.44. The van der Waals surface area contributed by atoms with Crippen LogP contribution < -0.4 is 4.74 Å². The van der Waals surface area contributed by atoms with Gasteiger partial charge in [0, 0.05) is 18.6 Å². The molecule has 4 nitrogen and oxygen atoms in total. The molecule has 2 N–H and O–H groups in total. The number of fused-ring (bicyclic) bond motifs is 1. The fraction of sp³-hybridized carbons (Fsp3) is 0.684. The van der Waals surface area contributed by atoms with Crippen molar-refractivity contribution in [2.24, 2.45) is 5.92 Å². The van der Waals surface area contributed by atoms with E-state index in [0.29, 0.717) is 18.9 Å². The number of ether oxygens (including phenoxy) is 1. The van der Waals surface area contributed by atoms with E-state index < -0.39 is 12.0 Å². The van der Waals surface area contributed by atoms with Gasteiger partial charge in [-0.2, -0.15) is 0 Å². The number of alkyl halides is 3. The maximum atomic E-state index is 12.3. The molecular formula is C19H24F3NO3. The number of halogens is 3. The third kappa shape index (κ3) is 3.70. The van der Waals surface area contributed by atoms with E-state index >= 15 is 0 Å². The van der Waals surface area contributed by atoms with Gasteiger partial charge in [0.15, 0.2) is 0 Å². The maximum absolute atomic E-state index is 12.3. The maximum Gasteiger partial charge on any atom is 0.573 e. The lowest BCUT2D eigenvalue weighted by Gasteiger charge is -2.37. The zero-order chi connectivity index (χ0) is 18.5. The van der Waals surface area contributed by atoms with Gasteiger partial charge in [-0.05, 0) is 62.1 Å². The van der Waals surface area contributed by atoms with E-state index in [9.17, 15) is 23.4 Å². The fourth-order valence-electron chi connectivity index (χ4n) is 4.75. The fourth-order valence-corrected chi connectivity index (χ4v) is 4.75. The van der Waals surface area contributed by atoms with Crippen molar-refractivity contribution in [3.8, 4) is 5.75 Å². The van der Waals surface area contributed by atoms with Crippen molar-refractivity contribution in [2.45, 2.75) is 75.2 Å². The molecule has 2 saturated carbocycles. The molecular weight excluding hydrogens is 347 g/mol. The first-order valence-electron chi connectivity index (χ1n) is 9.24. The Morgan fingerprint density at radius 1 is 1.12 bits per heavy atom. The first-order valence-corrected chi connectivity index (χ1v) is 9.24. The molecule has 1 aliphatic heterocycles. The Balaban J connectivity index is 1.50. The van der Waals surface area contributed by atoms with E-state index in [1.54, 1.807) is 12.1 Å². The lowest BCUT2D eigenvalue weighted by atomic mass is 9.83. The molecule has 3 aliphatic rings. The first-order chi connectivity index (χ1) is 12.2. The van der Waals surface area contributed by atoms with Crippen LogP contribution in [0, 0.1) is 5.92 Å². The van der Waals surface area contributed by atoms with Crippen LogP contribution in [0.25, 0.3) is 0 Å². The standard InChI is InChI=1S/C19H24F3NO3/c20-19(21,22)26-15-5-1-12(2-6-15)11-23-16-10-14(24)4-3-13(16)9-17(23)18(25)7-8-18/h1-2,5-6,13-14,16-17,24-25H,3-4,7-11H2/t13-,14-,16-,17+/m1/s1. The van der Waals surface area contributed by atoms with Crippen LogP contribution in [0.5, 0.6) is 5.75 Å². The molecule has 26 heavy (non-hydrogen) atoms. The number of nitrogens with zero attached hydrogens (tertiary/aromatic N) is 1. The van der Waals surface area contributed by atoms with E-state index in [1.807, 2.05) is 0 Å². The van der Waals surface area contributed by atoms with Crippen LogP contribution in [0.15, 0.2) is 24.3 Å². The van der Waals surface area contributed by atoms with Crippen LogP contribution in [0.1, 0.15) is 44.1 Å². The molecule has 144 valence electrons. The predicted molar refractivity (Wildman–Crippen MR) is 88.4 cm³/mol. The third-order valence-corrected chi connectivity index (χ3v) is 6.19. The second-order valence-electron chi connectivity index (χ2n) is 8.01. The van der Waals surface area contributed by atoms with E-state index in [2.05, 4.69) is 9.64 Å². The molecule has 7 heteroatoms. The Bertz CT molecular complexity index is 644. The van der Waals surface area contributed by atoms with Gasteiger partial charge in [0.1, 0.15) is 5.75 Å². The molecule has 1 saturated heterocycles.